The Kier molecular flexibility index (Phi) is 2.70. The van der Waals surface area contributed by atoms with Gasteiger partial charge in [0.25, 0.3) is 0 Å². The number of nitrogens with zero attached hydrogens (tertiary/aromatic N) is 3. The topological polar surface area (TPSA) is 43.3 Å². The second-order valence-corrected chi connectivity index (χ2v) is 5.85. The summed E-state index contributed by atoms with van der Waals surface area (Å²) in [6.07, 6.45) is 2.67. The molecule has 3 rings (SSSR count). The molecule has 0 aliphatic rings. The predicted octanol–water partition coefficient (Wildman–Crippen LogP) is 3.56. The first-order chi connectivity index (χ1) is 8.65. The summed E-state index contributed by atoms with van der Waals surface area (Å²) in [5.74, 6) is 1.42. The lowest BCUT2D eigenvalue weighted by Gasteiger charge is -1.98. The van der Waals surface area contributed by atoms with Gasteiger partial charge in [0.05, 0.1) is 12.0 Å². The van der Waals surface area contributed by atoms with E-state index in [9.17, 15) is 0 Å². The molecule has 3 aromatic rings. The third kappa shape index (κ3) is 1.84. The number of rotatable bonds is 3. The molecule has 0 spiro atoms. The van der Waals surface area contributed by atoms with Gasteiger partial charge in [0, 0.05) is 6.42 Å². The molecule has 0 fully saturated rings. The van der Waals surface area contributed by atoms with Gasteiger partial charge in [-0.15, -0.1) is 0 Å². The molecule has 3 aromatic heterocycles. The fourth-order valence-corrected chi connectivity index (χ4v) is 3.12. The monoisotopic (exact) mass is 261 g/mol. The molecule has 0 aromatic carbocycles. The summed E-state index contributed by atoms with van der Waals surface area (Å²) in [6, 6.07) is 3.80. The average molecular weight is 261 g/mol. The quantitative estimate of drug-likeness (QED) is 0.724. The first-order valence-electron chi connectivity index (χ1n) is 6.04. The lowest BCUT2D eigenvalue weighted by Crippen LogP contribution is -1.95. The van der Waals surface area contributed by atoms with E-state index in [1.54, 1.807) is 17.6 Å². The maximum absolute atomic E-state index is 5.40. The predicted molar refractivity (Wildman–Crippen MR) is 71.8 cm³/mol. The van der Waals surface area contributed by atoms with E-state index < -0.39 is 0 Å². The molecule has 0 bridgehead atoms. The molecule has 0 unspecified atom stereocenters. The van der Waals surface area contributed by atoms with E-state index in [1.807, 2.05) is 23.6 Å². The van der Waals surface area contributed by atoms with Crippen LogP contribution in [0.4, 0.5) is 0 Å². The lowest BCUT2D eigenvalue weighted by molar-refractivity contribution is 0.579. The average Bonchev–Trinajstić information content (AvgIpc) is 2.96. The number of aryl methyl sites for hydroxylation is 1. The van der Waals surface area contributed by atoms with Gasteiger partial charge in [0.1, 0.15) is 10.7 Å². The van der Waals surface area contributed by atoms with Crippen LogP contribution >= 0.6 is 11.3 Å². The SMILES string of the molecule is Cc1c(-c2ccco2)nc2sc(CC(C)C)nn12. The Morgan fingerprint density at radius 3 is 2.89 bits per heavy atom. The summed E-state index contributed by atoms with van der Waals surface area (Å²) in [5, 5.41) is 5.75. The zero-order chi connectivity index (χ0) is 12.7. The van der Waals surface area contributed by atoms with E-state index in [0.717, 1.165) is 33.5 Å². The lowest BCUT2D eigenvalue weighted by atomic mass is 10.1. The number of hydrogen-bond acceptors (Lipinski definition) is 4. The van der Waals surface area contributed by atoms with Crippen LogP contribution in [0, 0.1) is 12.8 Å². The maximum Gasteiger partial charge on any atom is 0.213 e. The van der Waals surface area contributed by atoms with Crippen molar-refractivity contribution < 1.29 is 4.42 Å². The molecule has 5 heteroatoms. The van der Waals surface area contributed by atoms with Gasteiger partial charge in [0.2, 0.25) is 4.96 Å². The van der Waals surface area contributed by atoms with Crippen LogP contribution in [0.5, 0.6) is 0 Å². The molecular formula is C13H15N3OS. The van der Waals surface area contributed by atoms with E-state index in [4.69, 9.17) is 4.42 Å². The summed E-state index contributed by atoms with van der Waals surface area (Å²) >= 11 is 1.66. The van der Waals surface area contributed by atoms with Crippen LogP contribution in [-0.4, -0.2) is 14.6 Å². The van der Waals surface area contributed by atoms with Crippen molar-refractivity contribution in [2.45, 2.75) is 27.2 Å². The van der Waals surface area contributed by atoms with Gasteiger partial charge in [-0.25, -0.2) is 9.50 Å². The molecule has 0 saturated heterocycles. The molecule has 18 heavy (non-hydrogen) atoms. The van der Waals surface area contributed by atoms with Crippen molar-refractivity contribution in [2.24, 2.45) is 5.92 Å². The summed E-state index contributed by atoms with van der Waals surface area (Å²) in [5.41, 5.74) is 1.92. The maximum atomic E-state index is 5.40. The van der Waals surface area contributed by atoms with Gasteiger partial charge >= 0.3 is 0 Å². The van der Waals surface area contributed by atoms with E-state index in [0.29, 0.717) is 5.92 Å². The Labute approximate surface area is 109 Å². The summed E-state index contributed by atoms with van der Waals surface area (Å²) < 4.78 is 7.31. The highest BCUT2D eigenvalue weighted by Gasteiger charge is 2.16. The minimum absolute atomic E-state index is 0.616. The molecule has 0 saturated carbocycles. The first kappa shape index (κ1) is 11.5. The van der Waals surface area contributed by atoms with Crippen LogP contribution < -0.4 is 0 Å². The van der Waals surface area contributed by atoms with E-state index in [1.165, 1.54) is 0 Å². The van der Waals surface area contributed by atoms with Gasteiger partial charge in [-0.2, -0.15) is 5.10 Å². The zero-order valence-electron chi connectivity index (χ0n) is 10.7. The highest BCUT2D eigenvalue weighted by molar-refractivity contribution is 7.16. The molecule has 94 valence electrons. The molecule has 0 aliphatic heterocycles. The van der Waals surface area contributed by atoms with Crippen LogP contribution in [0.1, 0.15) is 24.5 Å². The van der Waals surface area contributed by atoms with Crippen molar-refractivity contribution in [1.82, 2.24) is 14.6 Å². The Morgan fingerprint density at radius 2 is 2.28 bits per heavy atom. The standard InChI is InChI=1S/C13H15N3OS/c1-8(2)7-11-15-16-9(3)12(14-13(16)18-11)10-5-4-6-17-10/h4-6,8H,7H2,1-3H3. The van der Waals surface area contributed by atoms with E-state index >= 15 is 0 Å². The zero-order valence-corrected chi connectivity index (χ0v) is 11.5. The normalized spacial score (nSPS) is 11.8. The highest BCUT2D eigenvalue weighted by atomic mass is 32.1. The van der Waals surface area contributed by atoms with Crippen molar-refractivity contribution in [2.75, 3.05) is 0 Å². The Bertz CT molecular complexity index is 664. The van der Waals surface area contributed by atoms with Gasteiger partial charge in [-0.3, -0.25) is 0 Å². The highest BCUT2D eigenvalue weighted by Crippen LogP contribution is 2.27. The molecular weight excluding hydrogens is 246 g/mol. The van der Waals surface area contributed by atoms with Crippen LogP contribution in [0.2, 0.25) is 0 Å². The van der Waals surface area contributed by atoms with E-state index in [-0.39, 0.29) is 0 Å². The third-order valence-corrected chi connectivity index (χ3v) is 3.74. The Hall–Kier alpha value is -1.62. The number of hydrogen-bond donors (Lipinski definition) is 0. The van der Waals surface area contributed by atoms with Crippen LogP contribution in [0.15, 0.2) is 22.8 Å². The molecule has 0 atom stereocenters. The molecule has 3 heterocycles. The molecule has 0 N–H and O–H groups in total. The smallest absolute Gasteiger partial charge is 0.213 e. The molecule has 4 nitrogen and oxygen atoms in total. The van der Waals surface area contributed by atoms with E-state index in [2.05, 4.69) is 23.9 Å². The number of furan rings is 1. The van der Waals surface area contributed by atoms with Crippen LogP contribution in [0.25, 0.3) is 16.4 Å². The number of imidazole rings is 1. The molecule has 0 amide bonds. The van der Waals surface area contributed by atoms with Crippen molar-refractivity contribution >= 4 is 16.3 Å². The largest absolute Gasteiger partial charge is 0.463 e. The van der Waals surface area contributed by atoms with Crippen molar-refractivity contribution in [3.8, 4) is 11.5 Å². The minimum Gasteiger partial charge on any atom is -0.463 e. The Morgan fingerprint density at radius 1 is 1.44 bits per heavy atom. The number of aromatic nitrogens is 3. The van der Waals surface area contributed by atoms with Crippen molar-refractivity contribution in [3.05, 3.63) is 29.1 Å². The minimum atomic E-state index is 0.616. The third-order valence-electron chi connectivity index (χ3n) is 2.81. The fraction of sp³-hybridized carbons (Fsp3) is 0.385. The second-order valence-electron chi connectivity index (χ2n) is 4.81. The van der Waals surface area contributed by atoms with Gasteiger partial charge in [-0.1, -0.05) is 25.2 Å². The first-order valence-corrected chi connectivity index (χ1v) is 6.85. The molecule has 0 radical (unpaired) electrons. The van der Waals surface area contributed by atoms with Gasteiger partial charge in [-0.05, 0) is 25.0 Å². The fourth-order valence-electron chi connectivity index (χ4n) is 1.97. The summed E-state index contributed by atoms with van der Waals surface area (Å²) in [6.45, 7) is 6.42. The van der Waals surface area contributed by atoms with Crippen LogP contribution in [-0.2, 0) is 6.42 Å². The van der Waals surface area contributed by atoms with Crippen molar-refractivity contribution in [3.63, 3.8) is 0 Å². The number of fused-ring (bicyclic) bond motifs is 1. The second kappa shape index (κ2) is 4.24. The van der Waals surface area contributed by atoms with Crippen molar-refractivity contribution in [1.29, 1.82) is 0 Å². The van der Waals surface area contributed by atoms with Crippen LogP contribution in [0.3, 0.4) is 0 Å². The van der Waals surface area contributed by atoms with Gasteiger partial charge < -0.3 is 4.42 Å². The summed E-state index contributed by atoms with van der Waals surface area (Å²) in [4.78, 5) is 5.55. The van der Waals surface area contributed by atoms with Gasteiger partial charge in [0.15, 0.2) is 5.76 Å². The summed E-state index contributed by atoms with van der Waals surface area (Å²) in [7, 11) is 0. The Balaban J connectivity index is 2.06. The molecule has 0 aliphatic carbocycles.